The number of aromatic nitrogens is 1. The summed E-state index contributed by atoms with van der Waals surface area (Å²) in [4.78, 5) is 0. The molecule has 27 heavy (non-hydrogen) atoms. The Morgan fingerprint density at radius 3 is 2.04 bits per heavy atom. The summed E-state index contributed by atoms with van der Waals surface area (Å²) in [5, 5.41) is 3.85. The van der Waals surface area contributed by atoms with Crippen LogP contribution < -0.4 is 9.75 Å². The highest BCUT2D eigenvalue weighted by molar-refractivity contribution is 6.89. The zero-order valence-corrected chi connectivity index (χ0v) is 19.7. The van der Waals surface area contributed by atoms with Crippen molar-refractivity contribution in [3.8, 4) is 11.3 Å². The Morgan fingerprint density at radius 2 is 1.44 bits per heavy atom. The molecule has 0 aliphatic carbocycles. The van der Waals surface area contributed by atoms with Crippen LogP contribution in [0.15, 0.2) is 24.2 Å². The Morgan fingerprint density at radius 1 is 0.815 bits per heavy atom. The number of benzene rings is 2. The molecule has 1 heterocycles. The van der Waals surface area contributed by atoms with Gasteiger partial charge in [-0.3, -0.25) is 0 Å². The molecule has 0 unspecified atom stereocenters. The van der Waals surface area contributed by atoms with Crippen molar-refractivity contribution in [3.63, 3.8) is 0 Å². The van der Waals surface area contributed by atoms with Crippen molar-refractivity contribution in [2.24, 2.45) is 7.05 Å². The minimum Gasteiger partial charge on any atom is -0.198 e. The molecule has 0 bridgehead atoms. The van der Waals surface area contributed by atoms with Gasteiger partial charge in [0.25, 0.3) is 0 Å². The maximum absolute atomic E-state index is 8.93. The van der Waals surface area contributed by atoms with Crippen LogP contribution in [0.4, 0.5) is 0 Å². The van der Waals surface area contributed by atoms with E-state index in [1.54, 1.807) is 0 Å². The van der Waals surface area contributed by atoms with Crippen LogP contribution in [0.3, 0.4) is 0 Å². The van der Waals surface area contributed by atoms with E-state index in [0.717, 1.165) is 11.1 Å². The zero-order valence-electron chi connectivity index (χ0n) is 19.7. The van der Waals surface area contributed by atoms with Gasteiger partial charge in [0.1, 0.15) is 7.05 Å². The van der Waals surface area contributed by atoms with Crippen molar-refractivity contribution < 1.29 is 5.94 Å². The number of pyridine rings is 1. The van der Waals surface area contributed by atoms with Gasteiger partial charge in [0.15, 0.2) is 5.69 Å². The Hall–Kier alpha value is -1.93. The summed E-state index contributed by atoms with van der Waals surface area (Å²) in [5.74, 6) is 0. The van der Waals surface area contributed by atoms with Crippen LogP contribution in [0.5, 0.6) is 0 Å². The minimum absolute atomic E-state index is 0.667. The van der Waals surface area contributed by atoms with Gasteiger partial charge in [0, 0.05) is 13.0 Å². The topological polar surface area (TPSA) is 3.88 Å². The van der Waals surface area contributed by atoms with Gasteiger partial charge in [0.2, 0.25) is 5.69 Å². The number of aryl methyl sites for hydroxylation is 4. The third kappa shape index (κ3) is 3.25. The van der Waals surface area contributed by atoms with Crippen LogP contribution >= 0.6 is 0 Å². The van der Waals surface area contributed by atoms with Gasteiger partial charge in [-0.1, -0.05) is 42.0 Å². The first-order chi connectivity index (χ1) is 12.9. The number of fused-ring (bicyclic) bond motifs is 1. The van der Waals surface area contributed by atoms with Crippen molar-refractivity contribution in [1.82, 2.24) is 0 Å². The molecule has 2 heteroatoms. The van der Waals surface area contributed by atoms with Gasteiger partial charge in [-0.2, -0.15) is 4.57 Å². The molecule has 0 saturated heterocycles. The summed E-state index contributed by atoms with van der Waals surface area (Å²) in [5.41, 5.74) is 10.2. The molecule has 0 saturated carbocycles. The highest BCUT2D eigenvalue weighted by atomic mass is 28.3. The van der Waals surface area contributed by atoms with Gasteiger partial charge in [-0.25, -0.2) is 0 Å². The first-order valence-electron chi connectivity index (χ1n) is 10.4. The Balaban J connectivity index is 2.60. The molecule has 0 aliphatic rings. The number of rotatable bonds is 2. The molecule has 0 amide bonds. The average molecular weight is 378 g/mol. The number of nitrogens with zero attached hydrogens (tertiary/aromatic N) is 1. The predicted octanol–water partition coefficient (Wildman–Crippen LogP) is 5.73. The van der Waals surface area contributed by atoms with Gasteiger partial charge in [-0.05, 0) is 68.8 Å². The van der Waals surface area contributed by atoms with E-state index in [1.165, 1.54) is 49.6 Å². The standard InChI is InChI=1S/C25H34NSi/c1-15-11-16(2)19(5)22(12-15)24-23-13-17(3)25(27(8,9)10)20(6)21(23)14-18(4)26(24)7/h11-14H,1-10H3/q+1/i14D. The summed E-state index contributed by atoms with van der Waals surface area (Å²) in [7, 11) is 0.598. The van der Waals surface area contributed by atoms with Crippen LogP contribution in [-0.4, -0.2) is 8.07 Å². The van der Waals surface area contributed by atoms with Crippen LogP contribution in [0.2, 0.25) is 19.6 Å². The summed E-state index contributed by atoms with van der Waals surface area (Å²) in [6, 6.07) is 7.57. The molecule has 1 nitrogen and oxygen atoms in total. The van der Waals surface area contributed by atoms with E-state index >= 15 is 0 Å². The highest BCUT2D eigenvalue weighted by Crippen LogP contribution is 2.33. The van der Waals surface area contributed by atoms with Crippen molar-refractivity contribution in [2.45, 2.75) is 61.2 Å². The maximum atomic E-state index is 8.93. The molecule has 0 N–H and O–H groups in total. The number of hydrogen-bond donors (Lipinski definition) is 0. The number of hydrogen-bond acceptors (Lipinski definition) is 0. The van der Waals surface area contributed by atoms with E-state index in [-0.39, 0.29) is 0 Å². The first-order valence-corrected chi connectivity index (χ1v) is 13.4. The fourth-order valence-electron chi connectivity index (χ4n) is 4.71. The quantitative estimate of drug-likeness (QED) is 0.397. The fourth-order valence-corrected chi connectivity index (χ4v) is 7.22. The Bertz CT molecular complexity index is 1120. The third-order valence-corrected chi connectivity index (χ3v) is 8.26. The normalized spacial score (nSPS) is 12.6. The molecule has 2 aromatic carbocycles. The largest absolute Gasteiger partial charge is 0.220 e. The highest BCUT2D eigenvalue weighted by Gasteiger charge is 2.27. The van der Waals surface area contributed by atoms with Crippen molar-refractivity contribution in [1.29, 1.82) is 0 Å². The van der Waals surface area contributed by atoms with Crippen LogP contribution in [0.1, 0.15) is 34.9 Å². The third-order valence-electron chi connectivity index (χ3n) is 5.99. The second-order valence-electron chi connectivity index (χ2n) is 9.24. The summed E-state index contributed by atoms with van der Waals surface area (Å²) in [6.07, 6.45) is 0. The summed E-state index contributed by atoms with van der Waals surface area (Å²) in [6.45, 7) is 20.4. The molecule has 3 aromatic rings. The lowest BCUT2D eigenvalue weighted by Gasteiger charge is -2.24. The lowest BCUT2D eigenvalue weighted by atomic mass is 9.92. The summed E-state index contributed by atoms with van der Waals surface area (Å²) < 4.78 is 11.2. The van der Waals surface area contributed by atoms with Crippen molar-refractivity contribution >= 4 is 24.0 Å². The van der Waals surface area contributed by atoms with Gasteiger partial charge in [0.05, 0.1) is 20.4 Å². The lowest BCUT2D eigenvalue weighted by molar-refractivity contribution is -0.665. The fraction of sp³-hybridized carbons (Fsp3) is 0.400. The monoisotopic (exact) mass is 377 g/mol. The zero-order chi connectivity index (χ0) is 21.1. The summed E-state index contributed by atoms with van der Waals surface area (Å²) >= 11 is 0. The van der Waals surface area contributed by atoms with Crippen LogP contribution in [0, 0.1) is 41.5 Å². The van der Waals surface area contributed by atoms with E-state index in [1.807, 2.05) is 0 Å². The lowest BCUT2D eigenvalue weighted by Crippen LogP contribution is -2.42. The van der Waals surface area contributed by atoms with Crippen molar-refractivity contribution in [2.75, 3.05) is 0 Å². The molecule has 0 atom stereocenters. The average Bonchev–Trinajstić information content (AvgIpc) is 2.55. The molecule has 0 spiro atoms. The first kappa shape index (κ1) is 18.4. The minimum atomic E-state index is -1.51. The van der Waals surface area contributed by atoms with E-state index < -0.39 is 8.07 Å². The smallest absolute Gasteiger partial charge is 0.198 e. The van der Waals surface area contributed by atoms with E-state index in [2.05, 4.69) is 91.0 Å². The molecule has 3 rings (SSSR count). The Labute approximate surface area is 167 Å². The van der Waals surface area contributed by atoms with Crippen molar-refractivity contribution in [3.05, 3.63) is 57.8 Å². The molecule has 1 aromatic heterocycles. The molecule has 0 aliphatic heterocycles. The van der Waals surface area contributed by atoms with Crippen LogP contribution in [-0.2, 0) is 7.05 Å². The molecular weight excluding hydrogens is 342 g/mol. The predicted molar refractivity (Wildman–Crippen MR) is 122 cm³/mol. The molecule has 0 fully saturated rings. The molecule has 0 radical (unpaired) electrons. The van der Waals surface area contributed by atoms with E-state index in [9.17, 15) is 0 Å². The van der Waals surface area contributed by atoms with E-state index in [0.29, 0.717) is 6.04 Å². The van der Waals surface area contributed by atoms with Crippen LogP contribution in [0.25, 0.3) is 22.0 Å². The molecule has 142 valence electrons. The van der Waals surface area contributed by atoms with Gasteiger partial charge < -0.3 is 0 Å². The van der Waals surface area contributed by atoms with E-state index in [4.69, 9.17) is 1.37 Å². The van der Waals surface area contributed by atoms with Gasteiger partial charge >= 0.3 is 0 Å². The second-order valence-corrected chi connectivity index (χ2v) is 14.2. The maximum Gasteiger partial charge on any atom is 0.220 e. The molecular formula is C25H34NSi+. The SMILES string of the molecule is [2H]c1c(C)[n+](C)c(-c2cc(C)cc(C)c2C)c2cc(C)c([Si](C)(C)C)c(C)c12. The Kier molecular flexibility index (Phi) is 4.50. The second kappa shape index (κ2) is 6.59. The van der Waals surface area contributed by atoms with Gasteiger partial charge in [-0.15, -0.1) is 0 Å².